The summed E-state index contributed by atoms with van der Waals surface area (Å²) in [5.74, 6) is 0.449. The van der Waals surface area contributed by atoms with E-state index in [4.69, 9.17) is 14.2 Å². The van der Waals surface area contributed by atoms with E-state index in [0.29, 0.717) is 17.1 Å². The quantitative estimate of drug-likeness (QED) is 0.533. The van der Waals surface area contributed by atoms with Gasteiger partial charge in [0.15, 0.2) is 11.9 Å². The molecule has 2 aromatic carbocycles. The first-order chi connectivity index (χ1) is 12.5. The summed E-state index contributed by atoms with van der Waals surface area (Å²) >= 11 is 3.40. The molecule has 0 saturated carbocycles. The number of ketones is 1. The second-order valence-corrected chi connectivity index (χ2v) is 6.58. The van der Waals surface area contributed by atoms with E-state index in [1.807, 2.05) is 24.3 Å². The molecule has 0 unspecified atom stereocenters. The zero-order chi connectivity index (χ0) is 18.7. The van der Waals surface area contributed by atoms with Gasteiger partial charge >= 0.3 is 5.97 Å². The van der Waals surface area contributed by atoms with Crippen molar-refractivity contribution in [3.63, 3.8) is 0 Å². The molecule has 0 bridgehead atoms. The van der Waals surface area contributed by atoms with Crippen LogP contribution in [-0.2, 0) is 9.53 Å². The summed E-state index contributed by atoms with van der Waals surface area (Å²) in [5.41, 5.74) is 1.31. The predicted octanol–water partition coefficient (Wildman–Crippen LogP) is 4.40. The Kier molecular flexibility index (Phi) is 5.42. The van der Waals surface area contributed by atoms with Crippen molar-refractivity contribution in [3.8, 4) is 11.5 Å². The number of halogens is 1. The Morgan fingerprint density at radius 3 is 2.81 bits per heavy atom. The first-order valence-electron chi connectivity index (χ1n) is 8.15. The highest BCUT2D eigenvalue weighted by molar-refractivity contribution is 9.10. The third-order valence-corrected chi connectivity index (χ3v) is 4.21. The Morgan fingerprint density at radius 2 is 2.08 bits per heavy atom. The van der Waals surface area contributed by atoms with Crippen LogP contribution in [0.1, 0.15) is 29.8 Å². The normalized spacial score (nSPS) is 15.3. The average Bonchev–Trinajstić information content (AvgIpc) is 2.90. The van der Waals surface area contributed by atoms with E-state index in [2.05, 4.69) is 15.9 Å². The third kappa shape index (κ3) is 3.96. The van der Waals surface area contributed by atoms with Crippen molar-refractivity contribution >= 4 is 33.8 Å². The number of ether oxygens (including phenoxy) is 3. The van der Waals surface area contributed by atoms with E-state index in [1.54, 1.807) is 38.1 Å². The Hall–Kier alpha value is -2.60. The summed E-state index contributed by atoms with van der Waals surface area (Å²) < 4.78 is 17.1. The van der Waals surface area contributed by atoms with Crippen LogP contribution in [0.5, 0.6) is 11.5 Å². The van der Waals surface area contributed by atoms with E-state index < -0.39 is 12.1 Å². The van der Waals surface area contributed by atoms with E-state index in [9.17, 15) is 9.59 Å². The number of carbonyl (C=O) groups is 2. The SMILES string of the molecule is CCOC(=O)[C@@H](C)Oc1ccc2c(c1)OC(=Cc1cccc(Br)c1)C2=O. The van der Waals surface area contributed by atoms with Gasteiger partial charge in [-0.25, -0.2) is 4.79 Å². The van der Waals surface area contributed by atoms with Gasteiger partial charge in [0.1, 0.15) is 11.5 Å². The van der Waals surface area contributed by atoms with Gasteiger partial charge in [0.25, 0.3) is 0 Å². The number of carbonyl (C=O) groups excluding carboxylic acids is 2. The van der Waals surface area contributed by atoms with Crippen molar-refractivity contribution in [1.29, 1.82) is 0 Å². The highest BCUT2D eigenvalue weighted by Crippen LogP contribution is 2.35. The highest BCUT2D eigenvalue weighted by atomic mass is 79.9. The summed E-state index contributed by atoms with van der Waals surface area (Å²) in [6.45, 7) is 3.63. The smallest absolute Gasteiger partial charge is 0.347 e. The van der Waals surface area contributed by atoms with E-state index >= 15 is 0 Å². The van der Waals surface area contributed by atoms with Crippen LogP contribution in [0.3, 0.4) is 0 Å². The van der Waals surface area contributed by atoms with Gasteiger partial charge in [0, 0.05) is 10.5 Å². The van der Waals surface area contributed by atoms with Crippen LogP contribution >= 0.6 is 15.9 Å². The summed E-state index contributed by atoms with van der Waals surface area (Å²) in [6, 6.07) is 12.4. The van der Waals surface area contributed by atoms with Crippen LogP contribution in [0.2, 0.25) is 0 Å². The number of Topliss-reactive ketones (excluding diaryl/α,β-unsaturated/α-hetero) is 1. The van der Waals surface area contributed by atoms with Crippen molar-refractivity contribution in [2.75, 3.05) is 6.61 Å². The van der Waals surface area contributed by atoms with Gasteiger partial charge in [-0.3, -0.25) is 4.79 Å². The molecule has 0 aromatic heterocycles. The fraction of sp³-hybridized carbons (Fsp3) is 0.200. The van der Waals surface area contributed by atoms with Gasteiger partial charge in [-0.05, 0) is 49.8 Å². The zero-order valence-corrected chi connectivity index (χ0v) is 15.9. The lowest BCUT2D eigenvalue weighted by atomic mass is 10.1. The molecule has 134 valence electrons. The summed E-state index contributed by atoms with van der Waals surface area (Å²) in [5, 5.41) is 0. The highest BCUT2D eigenvalue weighted by Gasteiger charge is 2.28. The lowest BCUT2D eigenvalue weighted by Gasteiger charge is -2.13. The summed E-state index contributed by atoms with van der Waals surface area (Å²) in [4.78, 5) is 24.2. The molecule has 0 aliphatic carbocycles. The van der Waals surface area contributed by atoms with Gasteiger partial charge in [0.2, 0.25) is 5.78 Å². The maximum absolute atomic E-state index is 12.5. The largest absolute Gasteiger partial charge is 0.479 e. The number of allylic oxidation sites excluding steroid dienone is 1. The van der Waals surface area contributed by atoms with Gasteiger partial charge in [-0.15, -0.1) is 0 Å². The minimum atomic E-state index is -0.748. The van der Waals surface area contributed by atoms with Gasteiger partial charge in [-0.2, -0.15) is 0 Å². The van der Waals surface area contributed by atoms with Crippen molar-refractivity contribution in [3.05, 3.63) is 63.8 Å². The monoisotopic (exact) mass is 416 g/mol. The van der Waals surface area contributed by atoms with E-state index in [0.717, 1.165) is 10.0 Å². The topological polar surface area (TPSA) is 61.8 Å². The molecule has 3 rings (SSSR count). The zero-order valence-electron chi connectivity index (χ0n) is 14.3. The summed E-state index contributed by atoms with van der Waals surface area (Å²) in [7, 11) is 0. The van der Waals surface area contributed by atoms with E-state index in [1.165, 1.54) is 0 Å². The van der Waals surface area contributed by atoms with Crippen molar-refractivity contribution < 1.29 is 23.8 Å². The van der Waals surface area contributed by atoms with Crippen molar-refractivity contribution in [2.45, 2.75) is 20.0 Å². The van der Waals surface area contributed by atoms with Gasteiger partial charge in [0.05, 0.1) is 12.2 Å². The number of hydrogen-bond donors (Lipinski definition) is 0. The number of rotatable bonds is 5. The van der Waals surface area contributed by atoms with Gasteiger partial charge < -0.3 is 14.2 Å². The second-order valence-electron chi connectivity index (χ2n) is 5.66. The molecular formula is C20H17BrO5. The number of benzene rings is 2. The minimum Gasteiger partial charge on any atom is -0.479 e. The molecule has 1 aliphatic heterocycles. The fourth-order valence-corrected chi connectivity index (χ4v) is 2.92. The van der Waals surface area contributed by atoms with Crippen LogP contribution in [0.25, 0.3) is 6.08 Å². The molecule has 0 N–H and O–H groups in total. The molecule has 0 amide bonds. The van der Waals surface area contributed by atoms with Crippen LogP contribution in [0.4, 0.5) is 0 Å². The molecule has 26 heavy (non-hydrogen) atoms. The van der Waals surface area contributed by atoms with Gasteiger partial charge in [-0.1, -0.05) is 28.1 Å². The molecule has 1 heterocycles. The summed E-state index contributed by atoms with van der Waals surface area (Å²) in [6.07, 6.45) is 0.941. The molecule has 6 heteroatoms. The fourth-order valence-electron chi connectivity index (χ4n) is 2.50. The average molecular weight is 417 g/mol. The second kappa shape index (κ2) is 7.74. The van der Waals surface area contributed by atoms with Crippen LogP contribution < -0.4 is 9.47 Å². The molecule has 0 spiro atoms. The maximum atomic E-state index is 12.5. The Bertz CT molecular complexity index is 888. The molecule has 1 atom stereocenters. The number of hydrogen-bond acceptors (Lipinski definition) is 5. The van der Waals surface area contributed by atoms with Crippen LogP contribution in [0.15, 0.2) is 52.7 Å². The lowest BCUT2D eigenvalue weighted by molar-refractivity contribution is -0.150. The predicted molar refractivity (Wildman–Crippen MR) is 100 cm³/mol. The Labute approximate surface area is 159 Å². The molecule has 2 aromatic rings. The first kappa shape index (κ1) is 18.2. The van der Waals surface area contributed by atoms with Crippen LogP contribution in [-0.4, -0.2) is 24.5 Å². The molecule has 0 saturated heterocycles. The third-order valence-electron chi connectivity index (χ3n) is 3.72. The Balaban J connectivity index is 1.79. The van der Waals surface area contributed by atoms with Crippen molar-refractivity contribution in [1.82, 2.24) is 0 Å². The molecule has 0 fully saturated rings. The number of esters is 1. The Morgan fingerprint density at radius 1 is 1.27 bits per heavy atom. The minimum absolute atomic E-state index is 0.190. The molecule has 1 aliphatic rings. The van der Waals surface area contributed by atoms with Crippen LogP contribution in [0, 0.1) is 0 Å². The molecular weight excluding hydrogens is 400 g/mol. The first-order valence-corrected chi connectivity index (χ1v) is 8.94. The molecule has 5 nitrogen and oxygen atoms in total. The standard InChI is InChI=1S/C20H17BrO5/c1-3-24-20(23)12(2)25-15-7-8-16-17(11-15)26-18(19(16)22)10-13-5-4-6-14(21)9-13/h4-12H,3H2,1-2H3/t12-/m1/s1. The lowest BCUT2D eigenvalue weighted by Crippen LogP contribution is -2.26. The van der Waals surface area contributed by atoms with E-state index in [-0.39, 0.29) is 18.1 Å². The molecule has 0 radical (unpaired) electrons. The van der Waals surface area contributed by atoms with Crippen molar-refractivity contribution in [2.24, 2.45) is 0 Å². The number of fused-ring (bicyclic) bond motifs is 1. The maximum Gasteiger partial charge on any atom is 0.347 e.